The van der Waals surface area contributed by atoms with E-state index in [1.165, 1.54) is 11.1 Å². The molecule has 1 atom stereocenters. The van der Waals surface area contributed by atoms with E-state index in [1.54, 1.807) is 0 Å². The molecule has 0 aliphatic heterocycles. The number of hydrogen-bond acceptors (Lipinski definition) is 2. The van der Waals surface area contributed by atoms with Crippen LogP contribution in [0.15, 0.2) is 24.3 Å². The summed E-state index contributed by atoms with van der Waals surface area (Å²) in [7, 11) is 0. The van der Waals surface area contributed by atoms with Crippen molar-refractivity contribution in [3.63, 3.8) is 0 Å². The van der Waals surface area contributed by atoms with Crippen LogP contribution in [0.25, 0.3) is 0 Å². The summed E-state index contributed by atoms with van der Waals surface area (Å²) in [6.07, 6.45) is 2.24. The molecular weight excluding hydrogens is 246 g/mol. The first-order chi connectivity index (χ1) is 9.42. The molecule has 0 spiro atoms. The van der Waals surface area contributed by atoms with Crippen molar-refractivity contribution in [3.8, 4) is 0 Å². The smallest absolute Gasteiger partial charge is 0.0598 e. The van der Waals surface area contributed by atoms with Crippen LogP contribution >= 0.6 is 0 Å². The van der Waals surface area contributed by atoms with Crippen LogP contribution in [0.5, 0.6) is 0 Å². The molecule has 0 amide bonds. The van der Waals surface area contributed by atoms with Crippen molar-refractivity contribution in [2.24, 2.45) is 5.92 Å². The van der Waals surface area contributed by atoms with Crippen molar-refractivity contribution in [1.82, 2.24) is 5.32 Å². The van der Waals surface area contributed by atoms with Gasteiger partial charge in [-0.1, -0.05) is 31.2 Å². The molecule has 0 aliphatic rings. The van der Waals surface area contributed by atoms with E-state index in [1.807, 2.05) is 0 Å². The lowest BCUT2D eigenvalue weighted by molar-refractivity contribution is -0.00918. The molecular formula is C18H31NO. The van der Waals surface area contributed by atoms with Gasteiger partial charge in [0.2, 0.25) is 0 Å². The van der Waals surface area contributed by atoms with Gasteiger partial charge in [-0.05, 0) is 70.7 Å². The predicted molar refractivity (Wildman–Crippen MR) is 87.2 cm³/mol. The van der Waals surface area contributed by atoms with Crippen LogP contribution in [0.2, 0.25) is 0 Å². The van der Waals surface area contributed by atoms with Crippen LogP contribution in [0.1, 0.15) is 45.2 Å². The lowest BCUT2D eigenvalue weighted by atomic mass is 9.93. The summed E-state index contributed by atoms with van der Waals surface area (Å²) in [5, 5.41) is 3.48. The molecule has 1 unspecified atom stereocenters. The Hall–Kier alpha value is -0.860. The Labute approximate surface area is 124 Å². The molecule has 0 saturated carbocycles. The molecule has 0 saturated heterocycles. The van der Waals surface area contributed by atoms with E-state index in [4.69, 9.17) is 4.74 Å². The zero-order chi connectivity index (χ0) is 15.0. The maximum atomic E-state index is 5.88. The van der Waals surface area contributed by atoms with Crippen LogP contribution in [-0.4, -0.2) is 25.3 Å². The predicted octanol–water partition coefficient (Wildman–Crippen LogP) is 3.97. The van der Waals surface area contributed by atoms with Crippen LogP contribution < -0.4 is 5.32 Å². The minimum atomic E-state index is -0.0363. The Kier molecular flexibility index (Phi) is 7.25. The molecule has 0 heterocycles. The SMILES string of the molecule is CCNCC(CCOC(C)(C)C)Cc1ccccc1C. The third-order valence-electron chi connectivity index (χ3n) is 3.51. The first kappa shape index (κ1) is 17.2. The molecule has 114 valence electrons. The largest absolute Gasteiger partial charge is 0.376 e. The maximum Gasteiger partial charge on any atom is 0.0598 e. The number of aryl methyl sites for hydroxylation is 1. The van der Waals surface area contributed by atoms with E-state index in [0.717, 1.165) is 32.5 Å². The number of rotatable bonds is 8. The molecule has 0 aliphatic carbocycles. The van der Waals surface area contributed by atoms with Crippen LogP contribution in [0, 0.1) is 12.8 Å². The minimum Gasteiger partial charge on any atom is -0.376 e. The number of benzene rings is 1. The highest BCUT2D eigenvalue weighted by Crippen LogP contribution is 2.17. The average molecular weight is 277 g/mol. The minimum absolute atomic E-state index is 0.0363. The Morgan fingerprint density at radius 3 is 2.50 bits per heavy atom. The lowest BCUT2D eigenvalue weighted by Crippen LogP contribution is -2.27. The monoisotopic (exact) mass is 277 g/mol. The van der Waals surface area contributed by atoms with Crippen molar-refractivity contribution in [1.29, 1.82) is 0 Å². The summed E-state index contributed by atoms with van der Waals surface area (Å²) in [6.45, 7) is 13.7. The second kappa shape index (κ2) is 8.43. The van der Waals surface area contributed by atoms with Gasteiger partial charge in [-0.2, -0.15) is 0 Å². The molecule has 20 heavy (non-hydrogen) atoms. The molecule has 0 aromatic heterocycles. The number of nitrogens with one attached hydrogen (secondary N) is 1. The highest BCUT2D eigenvalue weighted by atomic mass is 16.5. The zero-order valence-corrected chi connectivity index (χ0v) is 13.8. The van der Waals surface area contributed by atoms with Gasteiger partial charge >= 0.3 is 0 Å². The van der Waals surface area contributed by atoms with Crippen LogP contribution in [0.4, 0.5) is 0 Å². The number of hydrogen-bond donors (Lipinski definition) is 1. The van der Waals surface area contributed by atoms with Gasteiger partial charge in [-0.15, -0.1) is 0 Å². The topological polar surface area (TPSA) is 21.3 Å². The van der Waals surface area contributed by atoms with Gasteiger partial charge in [0.25, 0.3) is 0 Å². The normalized spacial score (nSPS) is 13.4. The summed E-state index contributed by atoms with van der Waals surface area (Å²) >= 11 is 0. The fourth-order valence-electron chi connectivity index (χ4n) is 2.31. The molecule has 2 heteroatoms. The summed E-state index contributed by atoms with van der Waals surface area (Å²) in [5.41, 5.74) is 2.82. The first-order valence-electron chi connectivity index (χ1n) is 7.81. The second-order valence-corrected chi connectivity index (χ2v) is 6.55. The zero-order valence-electron chi connectivity index (χ0n) is 13.8. The summed E-state index contributed by atoms with van der Waals surface area (Å²) in [5.74, 6) is 0.637. The van der Waals surface area contributed by atoms with Crippen molar-refractivity contribution in [2.45, 2.75) is 53.1 Å². The third kappa shape index (κ3) is 7.06. The van der Waals surface area contributed by atoms with Gasteiger partial charge < -0.3 is 10.1 Å². The molecule has 1 aromatic carbocycles. The third-order valence-corrected chi connectivity index (χ3v) is 3.51. The highest BCUT2D eigenvalue weighted by Gasteiger charge is 2.14. The van der Waals surface area contributed by atoms with Gasteiger partial charge in [-0.3, -0.25) is 0 Å². The van der Waals surface area contributed by atoms with E-state index in [9.17, 15) is 0 Å². The van der Waals surface area contributed by atoms with Gasteiger partial charge in [0.15, 0.2) is 0 Å². The van der Waals surface area contributed by atoms with Crippen molar-refractivity contribution in [2.75, 3.05) is 19.7 Å². The highest BCUT2D eigenvalue weighted by molar-refractivity contribution is 5.25. The van der Waals surface area contributed by atoms with Crippen molar-refractivity contribution in [3.05, 3.63) is 35.4 Å². The van der Waals surface area contributed by atoms with Crippen molar-refractivity contribution < 1.29 is 4.74 Å². The Morgan fingerprint density at radius 1 is 1.20 bits per heavy atom. The standard InChI is InChI=1S/C18H31NO/c1-6-19-14-16(11-12-20-18(3,4)5)13-17-10-8-7-9-15(17)2/h7-10,16,19H,6,11-14H2,1-5H3. The Bertz CT molecular complexity index is 381. The molecule has 0 radical (unpaired) electrons. The number of ether oxygens (including phenoxy) is 1. The first-order valence-corrected chi connectivity index (χ1v) is 7.81. The fraction of sp³-hybridized carbons (Fsp3) is 0.667. The molecule has 1 rings (SSSR count). The van der Waals surface area contributed by atoms with Crippen LogP contribution in [-0.2, 0) is 11.2 Å². The summed E-state index contributed by atoms with van der Waals surface area (Å²) < 4.78 is 5.88. The molecule has 1 aromatic rings. The quantitative estimate of drug-likeness (QED) is 0.776. The van der Waals surface area contributed by atoms with E-state index >= 15 is 0 Å². The van der Waals surface area contributed by atoms with Gasteiger partial charge in [-0.25, -0.2) is 0 Å². The van der Waals surface area contributed by atoms with E-state index in [2.05, 4.69) is 64.2 Å². The molecule has 0 fully saturated rings. The van der Waals surface area contributed by atoms with E-state index < -0.39 is 0 Å². The molecule has 0 bridgehead atoms. The Balaban J connectivity index is 2.53. The Morgan fingerprint density at radius 2 is 1.90 bits per heavy atom. The average Bonchev–Trinajstić information content (AvgIpc) is 2.36. The lowest BCUT2D eigenvalue weighted by Gasteiger charge is -2.23. The molecule has 2 nitrogen and oxygen atoms in total. The van der Waals surface area contributed by atoms with Gasteiger partial charge in [0.05, 0.1) is 5.60 Å². The summed E-state index contributed by atoms with van der Waals surface area (Å²) in [4.78, 5) is 0. The fourth-order valence-corrected chi connectivity index (χ4v) is 2.31. The van der Waals surface area contributed by atoms with E-state index in [-0.39, 0.29) is 5.60 Å². The second-order valence-electron chi connectivity index (χ2n) is 6.55. The molecule has 1 N–H and O–H groups in total. The van der Waals surface area contributed by atoms with Gasteiger partial charge in [0.1, 0.15) is 0 Å². The summed E-state index contributed by atoms with van der Waals surface area (Å²) in [6, 6.07) is 8.70. The van der Waals surface area contributed by atoms with E-state index in [0.29, 0.717) is 5.92 Å². The van der Waals surface area contributed by atoms with Gasteiger partial charge in [0, 0.05) is 6.61 Å². The maximum absolute atomic E-state index is 5.88. The van der Waals surface area contributed by atoms with Crippen LogP contribution in [0.3, 0.4) is 0 Å². The van der Waals surface area contributed by atoms with Crippen molar-refractivity contribution >= 4 is 0 Å².